The van der Waals surface area contributed by atoms with Crippen LogP contribution < -0.4 is 0 Å². The number of morpholine rings is 1. The number of halogens is 2. The van der Waals surface area contributed by atoms with Crippen LogP contribution in [0, 0.1) is 5.82 Å². The molecule has 3 nitrogen and oxygen atoms in total. The van der Waals surface area contributed by atoms with E-state index < -0.39 is 0 Å². The van der Waals surface area contributed by atoms with Crippen molar-refractivity contribution in [2.24, 2.45) is 0 Å². The summed E-state index contributed by atoms with van der Waals surface area (Å²) in [7, 11) is 0. The Hall–Kier alpha value is -1.72. The van der Waals surface area contributed by atoms with Crippen molar-refractivity contribution < 1.29 is 13.9 Å². The van der Waals surface area contributed by atoms with Crippen LogP contribution in [0.2, 0.25) is 0 Å². The molecule has 5 heteroatoms. The summed E-state index contributed by atoms with van der Waals surface area (Å²) in [6.45, 7) is 1.52. The number of ether oxygens (including phenoxy) is 1. The lowest BCUT2D eigenvalue weighted by Crippen LogP contribution is -2.42. The molecule has 0 aromatic heterocycles. The van der Waals surface area contributed by atoms with Gasteiger partial charge >= 0.3 is 0 Å². The summed E-state index contributed by atoms with van der Waals surface area (Å²) in [6, 6.07) is 14.0. The molecular weight excluding hydrogens is 349 g/mol. The zero-order chi connectivity index (χ0) is 15.5. The molecule has 0 N–H and O–H groups in total. The standard InChI is InChI=1S/C17H15BrFNO2/c18-15-10-13(19)6-7-14(15)17(21)20-8-9-22-16(11-20)12-4-2-1-3-5-12/h1-7,10,16H,8-9,11H2. The van der Waals surface area contributed by atoms with E-state index in [4.69, 9.17) is 4.74 Å². The lowest BCUT2D eigenvalue weighted by molar-refractivity contribution is -0.0228. The van der Waals surface area contributed by atoms with Gasteiger partial charge in [-0.05, 0) is 39.7 Å². The summed E-state index contributed by atoms with van der Waals surface area (Å²) in [5.74, 6) is -0.483. The van der Waals surface area contributed by atoms with Crippen molar-refractivity contribution in [2.45, 2.75) is 6.10 Å². The molecule has 0 bridgehead atoms. The summed E-state index contributed by atoms with van der Waals surface area (Å²) in [4.78, 5) is 14.4. The third-order valence-electron chi connectivity index (χ3n) is 3.69. The predicted molar refractivity (Wildman–Crippen MR) is 85.1 cm³/mol. The van der Waals surface area contributed by atoms with E-state index >= 15 is 0 Å². The van der Waals surface area contributed by atoms with Crippen molar-refractivity contribution in [3.8, 4) is 0 Å². The number of carbonyl (C=O) groups excluding carboxylic acids is 1. The highest BCUT2D eigenvalue weighted by Crippen LogP contribution is 2.25. The molecular formula is C17H15BrFNO2. The van der Waals surface area contributed by atoms with Crippen LogP contribution in [0.1, 0.15) is 22.0 Å². The fourth-order valence-corrected chi connectivity index (χ4v) is 3.06. The smallest absolute Gasteiger partial charge is 0.255 e. The number of hydrogen-bond acceptors (Lipinski definition) is 2. The van der Waals surface area contributed by atoms with Crippen molar-refractivity contribution in [3.05, 3.63) is 69.9 Å². The summed E-state index contributed by atoms with van der Waals surface area (Å²) in [6.07, 6.45) is -0.127. The van der Waals surface area contributed by atoms with Gasteiger partial charge in [-0.2, -0.15) is 0 Å². The van der Waals surface area contributed by atoms with Crippen LogP contribution in [0.5, 0.6) is 0 Å². The van der Waals surface area contributed by atoms with Gasteiger partial charge in [0.1, 0.15) is 11.9 Å². The molecule has 22 heavy (non-hydrogen) atoms. The van der Waals surface area contributed by atoms with E-state index in [-0.39, 0.29) is 17.8 Å². The molecule has 0 saturated carbocycles. The molecule has 2 aromatic rings. The zero-order valence-electron chi connectivity index (χ0n) is 11.8. The van der Waals surface area contributed by atoms with Crippen molar-refractivity contribution in [1.29, 1.82) is 0 Å². The molecule has 1 atom stereocenters. The summed E-state index contributed by atoms with van der Waals surface area (Å²) in [5.41, 5.74) is 1.52. The van der Waals surface area contributed by atoms with Gasteiger partial charge in [-0.25, -0.2) is 4.39 Å². The van der Waals surface area contributed by atoms with E-state index in [1.807, 2.05) is 30.3 Å². The van der Waals surface area contributed by atoms with E-state index in [9.17, 15) is 9.18 Å². The van der Waals surface area contributed by atoms with Crippen LogP contribution in [-0.4, -0.2) is 30.5 Å². The second kappa shape index (κ2) is 6.58. The van der Waals surface area contributed by atoms with Gasteiger partial charge in [-0.15, -0.1) is 0 Å². The van der Waals surface area contributed by atoms with Crippen LogP contribution in [0.15, 0.2) is 53.0 Å². The maximum Gasteiger partial charge on any atom is 0.255 e. The topological polar surface area (TPSA) is 29.5 Å². The monoisotopic (exact) mass is 363 g/mol. The molecule has 1 amide bonds. The number of rotatable bonds is 2. The molecule has 114 valence electrons. The maximum absolute atomic E-state index is 13.2. The summed E-state index contributed by atoms with van der Waals surface area (Å²) >= 11 is 3.26. The summed E-state index contributed by atoms with van der Waals surface area (Å²) < 4.78 is 19.4. The Morgan fingerprint density at radius 2 is 2.00 bits per heavy atom. The van der Waals surface area contributed by atoms with E-state index in [2.05, 4.69) is 15.9 Å². The van der Waals surface area contributed by atoms with Crippen LogP contribution in [0.4, 0.5) is 4.39 Å². The number of amides is 1. The van der Waals surface area contributed by atoms with Gasteiger partial charge in [0.05, 0.1) is 18.7 Å². The zero-order valence-corrected chi connectivity index (χ0v) is 13.4. The van der Waals surface area contributed by atoms with Gasteiger partial charge in [-0.1, -0.05) is 30.3 Å². The second-order valence-corrected chi connectivity index (χ2v) is 6.00. The lowest BCUT2D eigenvalue weighted by Gasteiger charge is -2.33. The minimum Gasteiger partial charge on any atom is -0.370 e. The first-order valence-electron chi connectivity index (χ1n) is 7.06. The Morgan fingerprint density at radius 3 is 2.73 bits per heavy atom. The molecule has 3 rings (SSSR count). The minimum atomic E-state index is -0.368. The second-order valence-electron chi connectivity index (χ2n) is 5.15. The van der Waals surface area contributed by atoms with Gasteiger partial charge in [0, 0.05) is 11.0 Å². The third-order valence-corrected chi connectivity index (χ3v) is 4.34. The Kier molecular flexibility index (Phi) is 4.55. The van der Waals surface area contributed by atoms with Crippen LogP contribution in [0.25, 0.3) is 0 Å². The molecule has 1 saturated heterocycles. The highest BCUT2D eigenvalue weighted by atomic mass is 79.9. The Labute approximate surface area is 136 Å². The van der Waals surface area contributed by atoms with Crippen LogP contribution >= 0.6 is 15.9 Å². The van der Waals surface area contributed by atoms with Gasteiger partial charge < -0.3 is 9.64 Å². The molecule has 0 aliphatic carbocycles. The first kappa shape index (κ1) is 15.2. The first-order chi connectivity index (χ1) is 10.6. The maximum atomic E-state index is 13.2. The molecule has 0 spiro atoms. The molecule has 1 unspecified atom stereocenters. The SMILES string of the molecule is O=C(c1ccc(F)cc1Br)N1CCOC(c2ccccc2)C1. The average molecular weight is 364 g/mol. The molecule has 1 aliphatic rings. The fourth-order valence-electron chi connectivity index (χ4n) is 2.54. The lowest BCUT2D eigenvalue weighted by atomic mass is 10.1. The third kappa shape index (κ3) is 3.20. The van der Waals surface area contributed by atoms with E-state index in [0.717, 1.165) is 5.56 Å². The van der Waals surface area contributed by atoms with E-state index in [1.54, 1.807) is 4.90 Å². The van der Waals surface area contributed by atoms with Crippen molar-refractivity contribution >= 4 is 21.8 Å². The Balaban J connectivity index is 1.78. The minimum absolute atomic E-state index is 0.115. The quantitative estimate of drug-likeness (QED) is 0.811. The molecule has 0 radical (unpaired) electrons. The molecule has 2 aromatic carbocycles. The predicted octanol–water partition coefficient (Wildman–Crippen LogP) is 3.80. The van der Waals surface area contributed by atoms with Crippen LogP contribution in [-0.2, 0) is 4.74 Å². The largest absolute Gasteiger partial charge is 0.370 e. The highest BCUT2D eigenvalue weighted by Gasteiger charge is 2.27. The highest BCUT2D eigenvalue weighted by molar-refractivity contribution is 9.10. The average Bonchev–Trinajstić information content (AvgIpc) is 2.55. The number of benzene rings is 2. The van der Waals surface area contributed by atoms with Gasteiger partial charge in [0.15, 0.2) is 0 Å². The number of hydrogen-bond donors (Lipinski definition) is 0. The number of nitrogens with zero attached hydrogens (tertiary/aromatic N) is 1. The summed E-state index contributed by atoms with van der Waals surface area (Å²) in [5, 5.41) is 0. The van der Waals surface area contributed by atoms with Gasteiger partial charge in [0.25, 0.3) is 5.91 Å². The van der Waals surface area contributed by atoms with Crippen molar-refractivity contribution in [1.82, 2.24) is 4.90 Å². The molecule has 1 fully saturated rings. The van der Waals surface area contributed by atoms with Crippen LogP contribution in [0.3, 0.4) is 0 Å². The van der Waals surface area contributed by atoms with Gasteiger partial charge in [0.2, 0.25) is 0 Å². The normalized spacial score (nSPS) is 18.3. The Bertz CT molecular complexity index is 678. The Morgan fingerprint density at radius 1 is 1.23 bits per heavy atom. The van der Waals surface area contributed by atoms with E-state index in [0.29, 0.717) is 29.7 Å². The van der Waals surface area contributed by atoms with Gasteiger partial charge in [-0.3, -0.25) is 4.79 Å². The van der Waals surface area contributed by atoms with Crippen molar-refractivity contribution in [2.75, 3.05) is 19.7 Å². The van der Waals surface area contributed by atoms with E-state index in [1.165, 1.54) is 18.2 Å². The number of carbonyl (C=O) groups is 1. The fraction of sp³-hybridized carbons (Fsp3) is 0.235. The molecule has 1 aliphatic heterocycles. The first-order valence-corrected chi connectivity index (χ1v) is 7.85. The molecule has 1 heterocycles. The van der Waals surface area contributed by atoms with Crippen molar-refractivity contribution in [3.63, 3.8) is 0 Å².